The molecule has 0 bridgehead atoms. The third-order valence-corrected chi connectivity index (χ3v) is 4.89. The molecule has 0 aromatic carbocycles. The monoisotopic (exact) mass is 293 g/mol. The molecule has 3 rings (SSSR count). The maximum atomic E-state index is 5.71. The lowest BCUT2D eigenvalue weighted by molar-refractivity contribution is 0.493. The summed E-state index contributed by atoms with van der Waals surface area (Å²) in [6, 6.07) is 4.25. The fourth-order valence-corrected chi connectivity index (χ4v) is 3.90. The number of hydrogen-bond donors (Lipinski definition) is 1. The number of thiophene rings is 2. The molecule has 0 aliphatic carbocycles. The second kappa shape index (κ2) is 5.81. The number of fused-ring (bicyclic) bond motifs is 1. The standard InChI is InChI=1S/C13H15N3OS2/c1-2-14-6-3-4-12-15-16-13(17-12)11-8-10-9(19-11)5-7-18-10/h5,7-8,14H,2-4,6H2,1H3. The second-order valence-corrected chi connectivity index (χ2v) is 6.25. The quantitative estimate of drug-likeness (QED) is 0.706. The van der Waals surface area contributed by atoms with E-state index in [2.05, 4.69) is 40.0 Å². The average Bonchev–Trinajstić information content (AvgIpc) is 3.08. The molecular formula is C13H15N3OS2. The van der Waals surface area contributed by atoms with Gasteiger partial charge in [0.05, 0.1) is 4.88 Å². The molecule has 0 aliphatic rings. The zero-order valence-corrected chi connectivity index (χ0v) is 12.3. The van der Waals surface area contributed by atoms with Crippen molar-refractivity contribution in [2.24, 2.45) is 0 Å². The molecule has 0 radical (unpaired) electrons. The fourth-order valence-electron chi connectivity index (χ4n) is 1.87. The molecular weight excluding hydrogens is 278 g/mol. The van der Waals surface area contributed by atoms with Crippen LogP contribution in [0.2, 0.25) is 0 Å². The van der Waals surface area contributed by atoms with Crippen LogP contribution < -0.4 is 5.32 Å². The van der Waals surface area contributed by atoms with Crippen molar-refractivity contribution in [2.75, 3.05) is 13.1 Å². The van der Waals surface area contributed by atoms with Crippen molar-refractivity contribution < 1.29 is 4.42 Å². The molecule has 3 heterocycles. The summed E-state index contributed by atoms with van der Waals surface area (Å²) in [5.41, 5.74) is 0. The summed E-state index contributed by atoms with van der Waals surface area (Å²) in [6.07, 6.45) is 1.86. The van der Waals surface area contributed by atoms with Gasteiger partial charge in [-0.2, -0.15) is 0 Å². The van der Waals surface area contributed by atoms with Crippen LogP contribution in [0.3, 0.4) is 0 Å². The summed E-state index contributed by atoms with van der Waals surface area (Å²) < 4.78 is 8.28. The Labute approximate surface area is 119 Å². The number of nitrogens with zero attached hydrogens (tertiary/aromatic N) is 2. The summed E-state index contributed by atoms with van der Waals surface area (Å²) >= 11 is 3.45. The number of nitrogens with one attached hydrogen (secondary N) is 1. The Bertz CT molecular complexity index is 627. The van der Waals surface area contributed by atoms with Crippen LogP contribution in [-0.4, -0.2) is 23.3 Å². The third-order valence-electron chi connectivity index (χ3n) is 2.81. The first-order chi connectivity index (χ1) is 9.36. The molecule has 1 N–H and O–H groups in total. The highest BCUT2D eigenvalue weighted by molar-refractivity contribution is 7.28. The molecule has 0 saturated carbocycles. The predicted molar refractivity (Wildman–Crippen MR) is 79.9 cm³/mol. The first-order valence-corrected chi connectivity index (χ1v) is 8.07. The minimum absolute atomic E-state index is 0.645. The zero-order valence-electron chi connectivity index (χ0n) is 10.7. The lowest BCUT2D eigenvalue weighted by atomic mass is 10.3. The average molecular weight is 293 g/mol. The van der Waals surface area contributed by atoms with Crippen LogP contribution in [0.25, 0.3) is 20.2 Å². The van der Waals surface area contributed by atoms with E-state index in [0.717, 1.165) is 36.7 Å². The fraction of sp³-hybridized carbons (Fsp3) is 0.385. The Kier molecular flexibility index (Phi) is 3.91. The van der Waals surface area contributed by atoms with Crippen molar-refractivity contribution in [2.45, 2.75) is 19.8 Å². The van der Waals surface area contributed by atoms with Gasteiger partial charge in [-0.05, 0) is 37.0 Å². The van der Waals surface area contributed by atoms with Gasteiger partial charge in [0.15, 0.2) is 0 Å². The number of aryl methyl sites for hydroxylation is 1. The summed E-state index contributed by atoms with van der Waals surface area (Å²) in [5.74, 6) is 1.37. The smallest absolute Gasteiger partial charge is 0.257 e. The molecule has 6 heteroatoms. The Morgan fingerprint density at radius 3 is 3.11 bits per heavy atom. The Morgan fingerprint density at radius 2 is 2.26 bits per heavy atom. The maximum absolute atomic E-state index is 5.71. The highest BCUT2D eigenvalue weighted by Crippen LogP contribution is 2.35. The summed E-state index contributed by atoms with van der Waals surface area (Å²) in [7, 11) is 0. The molecule has 0 aliphatic heterocycles. The molecule has 0 spiro atoms. The summed E-state index contributed by atoms with van der Waals surface area (Å²) in [6.45, 7) is 4.09. The molecule has 0 atom stereocenters. The van der Waals surface area contributed by atoms with Gasteiger partial charge < -0.3 is 9.73 Å². The predicted octanol–water partition coefficient (Wildman–Crippen LogP) is 3.55. The molecule has 0 saturated heterocycles. The van der Waals surface area contributed by atoms with Gasteiger partial charge in [0.25, 0.3) is 5.89 Å². The normalized spacial score (nSPS) is 11.4. The van der Waals surface area contributed by atoms with E-state index >= 15 is 0 Å². The van der Waals surface area contributed by atoms with E-state index in [1.807, 2.05) is 0 Å². The van der Waals surface area contributed by atoms with Gasteiger partial charge in [0, 0.05) is 15.8 Å². The topological polar surface area (TPSA) is 51.0 Å². The van der Waals surface area contributed by atoms with Gasteiger partial charge in [0.1, 0.15) is 0 Å². The largest absolute Gasteiger partial charge is 0.420 e. The van der Waals surface area contributed by atoms with Crippen LogP contribution in [0.4, 0.5) is 0 Å². The zero-order chi connectivity index (χ0) is 13.1. The van der Waals surface area contributed by atoms with Crippen LogP contribution >= 0.6 is 22.7 Å². The van der Waals surface area contributed by atoms with E-state index in [4.69, 9.17) is 4.42 Å². The number of aromatic nitrogens is 2. The van der Waals surface area contributed by atoms with Gasteiger partial charge in [0.2, 0.25) is 5.89 Å². The van der Waals surface area contributed by atoms with E-state index in [1.54, 1.807) is 22.7 Å². The van der Waals surface area contributed by atoms with E-state index in [-0.39, 0.29) is 0 Å². The van der Waals surface area contributed by atoms with Crippen molar-refractivity contribution >= 4 is 32.1 Å². The van der Waals surface area contributed by atoms with E-state index in [9.17, 15) is 0 Å². The highest BCUT2D eigenvalue weighted by atomic mass is 32.1. The van der Waals surface area contributed by atoms with Crippen LogP contribution in [0.5, 0.6) is 0 Å². The lowest BCUT2D eigenvalue weighted by Gasteiger charge is -1.97. The van der Waals surface area contributed by atoms with Gasteiger partial charge in [-0.3, -0.25) is 0 Å². The van der Waals surface area contributed by atoms with Crippen molar-refractivity contribution in [3.05, 3.63) is 23.4 Å². The number of hydrogen-bond acceptors (Lipinski definition) is 6. The highest BCUT2D eigenvalue weighted by Gasteiger charge is 2.12. The van der Waals surface area contributed by atoms with Crippen molar-refractivity contribution in [1.29, 1.82) is 0 Å². The van der Waals surface area contributed by atoms with Crippen molar-refractivity contribution in [3.63, 3.8) is 0 Å². The summed E-state index contributed by atoms with van der Waals surface area (Å²) in [5, 5.41) is 13.6. The first kappa shape index (κ1) is 12.8. The van der Waals surface area contributed by atoms with Crippen molar-refractivity contribution in [3.8, 4) is 10.8 Å². The molecule has 19 heavy (non-hydrogen) atoms. The van der Waals surface area contributed by atoms with Gasteiger partial charge in [-0.15, -0.1) is 32.9 Å². The van der Waals surface area contributed by atoms with Crippen molar-refractivity contribution in [1.82, 2.24) is 15.5 Å². The molecule has 0 fully saturated rings. The minimum Gasteiger partial charge on any atom is -0.420 e. The first-order valence-electron chi connectivity index (χ1n) is 6.37. The Morgan fingerprint density at radius 1 is 1.32 bits per heavy atom. The minimum atomic E-state index is 0.645. The van der Waals surface area contributed by atoms with Gasteiger partial charge >= 0.3 is 0 Å². The Balaban J connectivity index is 1.68. The number of rotatable bonds is 6. The molecule has 4 nitrogen and oxygen atoms in total. The second-order valence-electron chi connectivity index (χ2n) is 4.22. The van der Waals surface area contributed by atoms with E-state index < -0.39 is 0 Å². The third kappa shape index (κ3) is 2.86. The van der Waals surface area contributed by atoms with Crippen LogP contribution in [0.1, 0.15) is 19.2 Å². The van der Waals surface area contributed by atoms with Crippen LogP contribution in [0, 0.1) is 0 Å². The summed E-state index contributed by atoms with van der Waals surface area (Å²) in [4.78, 5) is 1.06. The maximum Gasteiger partial charge on any atom is 0.257 e. The van der Waals surface area contributed by atoms with Gasteiger partial charge in [-0.1, -0.05) is 6.92 Å². The van der Waals surface area contributed by atoms with Crippen LogP contribution in [-0.2, 0) is 6.42 Å². The molecule has 3 aromatic heterocycles. The molecule has 100 valence electrons. The Hall–Kier alpha value is -1.24. The molecule has 3 aromatic rings. The lowest BCUT2D eigenvalue weighted by Crippen LogP contribution is -2.14. The SMILES string of the molecule is CCNCCCc1nnc(-c2cc3sccc3s2)o1. The van der Waals surface area contributed by atoms with E-state index in [1.165, 1.54) is 9.40 Å². The van der Waals surface area contributed by atoms with E-state index in [0.29, 0.717) is 5.89 Å². The van der Waals surface area contributed by atoms with Gasteiger partial charge in [-0.25, -0.2) is 0 Å². The molecule has 0 amide bonds. The molecule has 0 unspecified atom stereocenters. The van der Waals surface area contributed by atoms with Crippen LogP contribution in [0.15, 0.2) is 21.9 Å².